The normalized spacial score (nSPS) is 12.0. The van der Waals surface area contributed by atoms with Crippen LogP contribution in [0.1, 0.15) is 31.0 Å². The Balaban J connectivity index is 2.16. The molecule has 0 aliphatic carbocycles. The van der Waals surface area contributed by atoms with E-state index in [-0.39, 0.29) is 13.0 Å². The molecule has 0 radical (unpaired) electrons. The third kappa shape index (κ3) is 7.78. The van der Waals surface area contributed by atoms with Gasteiger partial charge in [0.15, 0.2) is 5.82 Å². The first kappa shape index (κ1) is 15.9. The van der Waals surface area contributed by atoms with Crippen molar-refractivity contribution in [1.29, 1.82) is 0 Å². The van der Waals surface area contributed by atoms with Crippen LogP contribution in [0.25, 0.3) is 0 Å². The summed E-state index contributed by atoms with van der Waals surface area (Å²) in [7, 11) is 0. The number of aromatic nitrogens is 2. The summed E-state index contributed by atoms with van der Waals surface area (Å²) in [6.45, 7) is -0.673. The molecule has 0 aliphatic heterocycles. The first-order valence-corrected chi connectivity index (χ1v) is 6.17. The van der Waals surface area contributed by atoms with Crippen LogP contribution in [0.3, 0.4) is 0 Å². The summed E-state index contributed by atoms with van der Waals surface area (Å²) in [6, 6.07) is 0. The number of halogens is 3. The van der Waals surface area contributed by atoms with Gasteiger partial charge in [-0.2, -0.15) is 18.2 Å². The summed E-state index contributed by atoms with van der Waals surface area (Å²) >= 11 is 0. The van der Waals surface area contributed by atoms with E-state index in [2.05, 4.69) is 14.9 Å². The summed E-state index contributed by atoms with van der Waals surface area (Å²) in [5.74, 6) is 0.874. The number of aryl methyl sites for hydroxylation is 1. The lowest BCUT2D eigenvalue weighted by atomic mass is 10.2. The Morgan fingerprint density at radius 1 is 1.16 bits per heavy atom. The average Bonchev–Trinajstić information content (AvgIpc) is 2.77. The molecule has 0 saturated heterocycles. The molecule has 0 unspecified atom stereocenters. The molecule has 1 heterocycles. The first-order chi connectivity index (χ1) is 9.01. The molecule has 8 heteroatoms. The van der Waals surface area contributed by atoms with Crippen molar-refractivity contribution in [3.05, 3.63) is 11.7 Å². The third-order valence-electron chi connectivity index (χ3n) is 2.34. The molecule has 2 N–H and O–H groups in total. The zero-order valence-electron chi connectivity index (χ0n) is 10.6. The van der Waals surface area contributed by atoms with Crippen molar-refractivity contribution in [2.45, 2.75) is 38.3 Å². The topological polar surface area (TPSA) is 74.2 Å². The highest BCUT2D eigenvalue weighted by Gasteiger charge is 2.27. The van der Waals surface area contributed by atoms with Crippen LogP contribution < -0.4 is 5.73 Å². The molecule has 0 aliphatic rings. The number of hydrogen-bond donors (Lipinski definition) is 1. The molecule has 110 valence electrons. The van der Waals surface area contributed by atoms with Gasteiger partial charge >= 0.3 is 6.18 Å². The van der Waals surface area contributed by atoms with E-state index in [1.54, 1.807) is 0 Å². The van der Waals surface area contributed by atoms with Gasteiger partial charge in [-0.3, -0.25) is 0 Å². The fourth-order valence-electron chi connectivity index (χ4n) is 1.44. The molecule has 5 nitrogen and oxygen atoms in total. The maximum atomic E-state index is 11.8. The van der Waals surface area contributed by atoms with Crippen molar-refractivity contribution in [2.24, 2.45) is 5.73 Å². The van der Waals surface area contributed by atoms with Crippen LogP contribution >= 0.6 is 0 Å². The second-order valence-corrected chi connectivity index (χ2v) is 4.12. The summed E-state index contributed by atoms with van der Waals surface area (Å²) < 4.78 is 44.8. The van der Waals surface area contributed by atoms with Crippen molar-refractivity contribution in [1.82, 2.24) is 10.1 Å². The molecule has 0 fully saturated rings. The van der Waals surface area contributed by atoms with Crippen LogP contribution in [-0.4, -0.2) is 36.1 Å². The molecule has 1 aromatic rings. The van der Waals surface area contributed by atoms with Crippen molar-refractivity contribution in [3.8, 4) is 0 Å². The predicted molar refractivity (Wildman–Crippen MR) is 61.5 cm³/mol. The fourth-order valence-corrected chi connectivity index (χ4v) is 1.44. The standard InChI is InChI=1S/C11H18F3N3O2/c12-11(13,14)8-18-7-5-9-16-10(19-17-9)4-2-1-3-6-15/h1-8,15H2. The van der Waals surface area contributed by atoms with E-state index in [1.807, 2.05) is 0 Å². The van der Waals surface area contributed by atoms with Gasteiger partial charge < -0.3 is 15.0 Å². The minimum Gasteiger partial charge on any atom is -0.372 e. The molecule has 0 aromatic carbocycles. The van der Waals surface area contributed by atoms with Crippen molar-refractivity contribution >= 4 is 0 Å². The van der Waals surface area contributed by atoms with Gasteiger partial charge in [-0.05, 0) is 19.4 Å². The second-order valence-electron chi connectivity index (χ2n) is 4.12. The molecule has 0 amide bonds. The van der Waals surface area contributed by atoms with E-state index in [0.717, 1.165) is 19.3 Å². The summed E-state index contributed by atoms with van der Waals surface area (Å²) in [5.41, 5.74) is 5.37. The van der Waals surface area contributed by atoms with E-state index in [0.29, 0.717) is 24.7 Å². The van der Waals surface area contributed by atoms with E-state index in [9.17, 15) is 13.2 Å². The number of alkyl halides is 3. The average molecular weight is 281 g/mol. The van der Waals surface area contributed by atoms with Gasteiger partial charge in [0.1, 0.15) is 6.61 Å². The Morgan fingerprint density at radius 2 is 1.95 bits per heavy atom. The molecule has 1 aromatic heterocycles. The number of nitrogens with zero attached hydrogens (tertiary/aromatic N) is 2. The molecule has 0 atom stereocenters. The maximum absolute atomic E-state index is 11.8. The summed E-state index contributed by atoms with van der Waals surface area (Å²) in [6.07, 6.45) is -0.581. The van der Waals surface area contributed by atoms with E-state index in [1.165, 1.54) is 0 Å². The van der Waals surface area contributed by atoms with Crippen molar-refractivity contribution in [2.75, 3.05) is 19.8 Å². The fraction of sp³-hybridized carbons (Fsp3) is 0.818. The summed E-state index contributed by atoms with van der Waals surface area (Å²) in [4.78, 5) is 4.07. The molecule has 1 rings (SSSR count). The van der Waals surface area contributed by atoms with E-state index < -0.39 is 12.8 Å². The lowest BCUT2D eigenvalue weighted by Gasteiger charge is -2.05. The van der Waals surface area contributed by atoms with Crippen LogP contribution in [0.4, 0.5) is 13.2 Å². The number of ether oxygens (including phenoxy) is 1. The summed E-state index contributed by atoms with van der Waals surface area (Å²) in [5, 5.41) is 3.68. The second kappa shape index (κ2) is 8.11. The van der Waals surface area contributed by atoms with Crippen LogP contribution in [0, 0.1) is 0 Å². The van der Waals surface area contributed by atoms with Crippen LogP contribution in [0.15, 0.2) is 4.52 Å². The van der Waals surface area contributed by atoms with Crippen LogP contribution in [0.2, 0.25) is 0 Å². The van der Waals surface area contributed by atoms with Gasteiger partial charge in [0, 0.05) is 12.8 Å². The lowest BCUT2D eigenvalue weighted by molar-refractivity contribution is -0.173. The Bertz CT molecular complexity index is 355. The van der Waals surface area contributed by atoms with E-state index in [4.69, 9.17) is 10.3 Å². The van der Waals surface area contributed by atoms with Crippen molar-refractivity contribution < 1.29 is 22.4 Å². The molecule has 0 spiro atoms. The number of nitrogens with two attached hydrogens (primary N) is 1. The van der Waals surface area contributed by atoms with Gasteiger partial charge in [-0.1, -0.05) is 11.6 Å². The Kier molecular flexibility index (Phi) is 6.79. The molecule has 0 bridgehead atoms. The maximum Gasteiger partial charge on any atom is 0.411 e. The first-order valence-electron chi connectivity index (χ1n) is 6.17. The minimum atomic E-state index is -4.30. The molecular weight excluding hydrogens is 263 g/mol. The van der Waals surface area contributed by atoms with Gasteiger partial charge in [-0.25, -0.2) is 0 Å². The zero-order valence-corrected chi connectivity index (χ0v) is 10.6. The highest BCUT2D eigenvalue weighted by atomic mass is 19.4. The number of hydrogen-bond acceptors (Lipinski definition) is 5. The predicted octanol–water partition coefficient (Wildman–Crippen LogP) is 1.86. The van der Waals surface area contributed by atoms with Crippen molar-refractivity contribution in [3.63, 3.8) is 0 Å². The smallest absolute Gasteiger partial charge is 0.372 e. The lowest BCUT2D eigenvalue weighted by Crippen LogP contribution is -2.18. The minimum absolute atomic E-state index is 0.0777. The van der Waals surface area contributed by atoms with Gasteiger partial charge in [-0.15, -0.1) is 0 Å². The molecular formula is C11H18F3N3O2. The number of unbranched alkanes of at least 4 members (excludes halogenated alkanes) is 2. The Labute approximate surface area is 109 Å². The van der Waals surface area contributed by atoms with Crippen LogP contribution in [0.5, 0.6) is 0 Å². The molecule has 19 heavy (non-hydrogen) atoms. The third-order valence-corrected chi connectivity index (χ3v) is 2.34. The van der Waals surface area contributed by atoms with Crippen LogP contribution in [-0.2, 0) is 17.6 Å². The van der Waals surface area contributed by atoms with Gasteiger partial charge in [0.05, 0.1) is 6.61 Å². The highest BCUT2D eigenvalue weighted by molar-refractivity contribution is 4.86. The number of rotatable bonds is 9. The Hall–Kier alpha value is -1.15. The monoisotopic (exact) mass is 281 g/mol. The highest BCUT2D eigenvalue weighted by Crippen LogP contribution is 2.14. The van der Waals surface area contributed by atoms with Gasteiger partial charge in [0.2, 0.25) is 5.89 Å². The quantitative estimate of drug-likeness (QED) is 0.699. The van der Waals surface area contributed by atoms with E-state index >= 15 is 0 Å². The largest absolute Gasteiger partial charge is 0.411 e. The SMILES string of the molecule is NCCCCCc1nc(CCOCC(F)(F)F)no1. The Morgan fingerprint density at radius 3 is 2.63 bits per heavy atom. The molecule has 0 saturated carbocycles. The van der Waals surface area contributed by atoms with Gasteiger partial charge in [0.25, 0.3) is 0 Å². The zero-order chi connectivity index (χ0) is 14.1.